The summed E-state index contributed by atoms with van der Waals surface area (Å²) in [5.74, 6) is -0.0762. The number of nitrogens with zero attached hydrogens (tertiary/aromatic N) is 1. The molecular formula is C19H22N2O2S. The monoisotopic (exact) mass is 342 g/mol. The van der Waals surface area contributed by atoms with E-state index in [0.29, 0.717) is 12.2 Å². The van der Waals surface area contributed by atoms with Gasteiger partial charge in [-0.15, -0.1) is 11.3 Å². The molecule has 24 heavy (non-hydrogen) atoms. The van der Waals surface area contributed by atoms with Crippen LogP contribution >= 0.6 is 11.3 Å². The maximum atomic E-state index is 12.4. The number of carbonyl (C=O) groups is 1. The summed E-state index contributed by atoms with van der Waals surface area (Å²) >= 11 is 1.53. The van der Waals surface area contributed by atoms with Gasteiger partial charge in [-0.3, -0.25) is 4.79 Å². The fourth-order valence-electron chi connectivity index (χ4n) is 3.71. The Kier molecular flexibility index (Phi) is 4.14. The number of ether oxygens (including phenoxy) is 1. The van der Waals surface area contributed by atoms with Gasteiger partial charge in [0, 0.05) is 18.5 Å². The minimum absolute atomic E-state index is 0.0762. The average molecular weight is 342 g/mol. The topological polar surface area (TPSA) is 51.2 Å². The average Bonchev–Trinajstić information content (AvgIpc) is 3.30. The fourth-order valence-corrected chi connectivity index (χ4v) is 4.59. The first-order valence-corrected chi connectivity index (χ1v) is 9.43. The smallest absolute Gasteiger partial charge is 0.270 e. The summed E-state index contributed by atoms with van der Waals surface area (Å²) < 4.78 is 5.64. The van der Waals surface area contributed by atoms with Crippen LogP contribution in [0.3, 0.4) is 0 Å². The molecule has 1 saturated heterocycles. The van der Waals surface area contributed by atoms with Gasteiger partial charge in [0.2, 0.25) is 0 Å². The number of aromatic nitrogens is 1. The molecule has 4 rings (SSSR count). The Morgan fingerprint density at radius 1 is 1.38 bits per heavy atom. The van der Waals surface area contributed by atoms with Crippen molar-refractivity contribution in [3.63, 3.8) is 0 Å². The third-order valence-corrected chi connectivity index (χ3v) is 5.93. The Bertz CT molecular complexity index is 724. The number of amides is 1. The number of fused-ring (bicyclic) bond motifs is 1. The van der Waals surface area contributed by atoms with Gasteiger partial charge in [-0.2, -0.15) is 0 Å². The minimum atomic E-state index is -0.0762. The Morgan fingerprint density at radius 3 is 2.79 bits per heavy atom. The van der Waals surface area contributed by atoms with Crippen LogP contribution in [-0.2, 0) is 17.6 Å². The third-order valence-electron chi connectivity index (χ3n) is 4.99. The van der Waals surface area contributed by atoms with Crippen LogP contribution in [0.1, 0.15) is 52.5 Å². The second kappa shape index (κ2) is 6.30. The molecule has 0 saturated carbocycles. The summed E-state index contributed by atoms with van der Waals surface area (Å²) in [5, 5.41) is 5.86. The molecule has 1 N–H and O–H groups in total. The van der Waals surface area contributed by atoms with E-state index in [4.69, 9.17) is 4.74 Å². The van der Waals surface area contributed by atoms with Crippen molar-refractivity contribution in [1.29, 1.82) is 0 Å². The van der Waals surface area contributed by atoms with E-state index in [1.54, 1.807) is 0 Å². The summed E-state index contributed by atoms with van der Waals surface area (Å²) in [6.07, 6.45) is 4.19. The molecule has 1 aliphatic heterocycles. The van der Waals surface area contributed by atoms with Crippen LogP contribution < -0.4 is 5.32 Å². The normalized spacial score (nSPS) is 21.6. The molecule has 126 valence electrons. The van der Waals surface area contributed by atoms with Crippen LogP contribution in [0.25, 0.3) is 0 Å². The lowest BCUT2D eigenvalue weighted by Crippen LogP contribution is -2.36. The second-order valence-corrected chi connectivity index (χ2v) is 8.08. The van der Waals surface area contributed by atoms with Crippen molar-refractivity contribution in [1.82, 2.24) is 10.3 Å². The molecule has 0 bridgehead atoms. The van der Waals surface area contributed by atoms with Gasteiger partial charge >= 0.3 is 0 Å². The highest BCUT2D eigenvalue weighted by molar-refractivity contribution is 7.09. The quantitative estimate of drug-likeness (QED) is 0.925. The molecule has 2 aromatic rings. The van der Waals surface area contributed by atoms with Crippen molar-refractivity contribution in [3.05, 3.63) is 51.5 Å². The van der Waals surface area contributed by atoms with Crippen molar-refractivity contribution >= 4 is 17.2 Å². The standard InChI is InChI=1S/C19H22N2O2S/c1-19(9-13-5-2-3-6-14(13)10-19)12-20-17(22)15-11-24-18(21-15)16-7-4-8-23-16/h2-3,5-6,11,16H,4,7-10,12H2,1H3,(H,20,22). The maximum absolute atomic E-state index is 12.4. The Morgan fingerprint density at radius 2 is 2.12 bits per heavy atom. The number of hydrogen-bond acceptors (Lipinski definition) is 4. The van der Waals surface area contributed by atoms with Gasteiger partial charge < -0.3 is 10.1 Å². The molecule has 4 nitrogen and oxygen atoms in total. The molecule has 1 unspecified atom stereocenters. The zero-order chi connectivity index (χ0) is 16.6. The highest BCUT2D eigenvalue weighted by Gasteiger charge is 2.33. The SMILES string of the molecule is CC1(CNC(=O)c2csc(C3CCCO3)n2)Cc2ccccc2C1. The van der Waals surface area contributed by atoms with Crippen LogP contribution in [0, 0.1) is 5.41 Å². The van der Waals surface area contributed by atoms with Crippen LogP contribution in [0.15, 0.2) is 29.6 Å². The lowest BCUT2D eigenvalue weighted by molar-refractivity contribution is 0.0927. The van der Waals surface area contributed by atoms with Crippen molar-refractivity contribution in [2.45, 2.75) is 38.7 Å². The minimum Gasteiger partial charge on any atom is -0.371 e. The molecule has 1 fully saturated rings. The fraction of sp³-hybridized carbons (Fsp3) is 0.474. The van der Waals surface area contributed by atoms with E-state index in [0.717, 1.165) is 37.3 Å². The number of carbonyl (C=O) groups excluding carboxylic acids is 1. The zero-order valence-electron chi connectivity index (χ0n) is 13.9. The molecule has 0 radical (unpaired) electrons. The summed E-state index contributed by atoms with van der Waals surface area (Å²) in [7, 11) is 0. The lowest BCUT2D eigenvalue weighted by Gasteiger charge is -2.23. The van der Waals surface area contributed by atoms with E-state index < -0.39 is 0 Å². The van der Waals surface area contributed by atoms with Gasteiger partial charge in [0.1, 0.15) is 16.8 Å². The molecule has 2 aliphatic rings. The first kappa shape index (κ1) is 15.8. The van der Waals surface area contributed by atoms with Gasteiger partial charge in [0.15, 0.2) is 0 Å². The van der Waals surface area contributed by atoms with Gasteiger partial charge in [-0.1, -0.05) is 31.2 Å². The molecule has 1 aliphatic carbocycles. The van der Waals surface area contributed by atoms with E-state index in [1.807, 2.05) is 5.38 Å². The molecule has 2 heterocycles. The van der Waals surface area contributed by atoms with Gasteiger partial charge in [-0.05, 0) is 42.2 Å². The van der Waals surface area contributed by atoms with E-state index in [1.165, 1.54) is 22.5 Å². The highest BCUT2D eigenvalue weighted by Crippen LogP contribution is 2.36. The zero-order valence-corrected chi connectivity index (χ0v) is 14.7. The van der Waals surface area contributed by atoms with Crippen LogP contribution in [0.4, 0.5) is 0 Å². The summed E-state index contributed by atoms with van der Waals surface area (Å²) in [5.41, 5.74) is 3.42. The molecule has 1 aromatic heterocycles. The molecular weight excluding hydrogens is 320 g/mol. The number of benzene rings is 1. The number of rotatable bonds is 4. The van der Waals surface area contributed by atoms with Crippen LogP contribution in [-0.4, -0.2) is 24.0 Å². The highest BCUT2D eigenvalue weighted by atomic mass is 32.1. The van der Waals surface area contributed by atoms with Crippen molar-refractivity contribution < 1.29 is 9.53 Å². The van der Waals surface area contributed by atoms with Crippen LogP contribution in [0.5, 0.6) is 0 Å². The molecule has 0 spiro atoms. The first-order valence-electron chi connectivity index (χ1n) is 8.55. The number of hydrogen-bond donors (Lipinski definition) is 1. The summed E-state index contributed by atoms with van der Waals surface area (Å²) in [6, 6.07) is 8.56. The van der Waals surface area contributed by atoms with Gasteiger partial charge in [0.05, 0.1) is 0 Å². The number of thiazole rings is 1. The van der Waals surface area contributed by atoms with E-state index in [9.17, 15) is 4.79 Å². The first-order chi connectivity index (χ1) is 11.6. The van der Waals surface area contributed by atoms with E-state index in [2.05, 4.69) is 41.5 Å². The molecule has 1 atom stereocenters. The van der Waals surface area contributed by atoms with E-state index in [-0.39, 0.29) is 17.4 Å². The Labute approximate surface area is 146 Å². The molecule has 1 amide bonds. The Balaban J connectivity index is 1.37. The van der Waals surface area contributed by atoms with Crippen LogP contribution in [0.2, 0.25) is 0 Å². The molecule has 5 heteroatoms. The van der Waals surface area contributed by atoms with Gasteiger partial charge in [-0.25, -0.2) is 4.98 Å². The van der Waals surface area contributed by atoms with E-state index >= 15 is 0 Å². The van der Waals surface area contributed by atoms with Crippen molar-refractivity contribution in [2.24, 2.45) is 5.41 Å². The predicted octanol–water partition coefficient (Wildman–Crippen LogP) is 3.53. The van der Waals surface area contributed by atoms with Gasteiger partial charge in [0.25, 0.3) is 5.91 Å². The second-order valence-electron chi connectivity index (χ2n) is 7.19. The third kappa shape index (κ3) is 3.10. The summed E-state index contributed by atoms with van der Waals surface area (Å²) in [4.78, 5) is 16.9. The largest absolute Gasteiger partial charge is 0.371 e. The number of nitrogens with one attached hydrogen (secondary N) is 1. The van der Waals surface area contributed by atoms with Crippen molar-refractivity contribution in [3.8, 4) is 0 Å². The lowest BCUT2D eigenvalue weighted by atomic mass is 9.87. The Hall–Kier alpha value is -1.72. The predicted molar refractivity (Wildman–Crippen MR) is 94.3 cm³/mol. The summed E-state index contributed by atoms with van der Waals surface area (Å²) in [6.45, 7) is 3.71. The maximum Gasteiger partial charge on any atom is 0.270 e. The molecule has 1 aromatic carbocycles. The van der Waals surface area contributed by atoms with Crippen molar-refractivity contribution in [2.75, 3.05) is 13.2 Å².